The average molecular weight is 533 g/mol. The fourth-order valence-corrected chi connectivity index (χ4v) is 5.36. The Morgan fingerprint density at radius 2 is 1.56 bits per heavy atom. The summed E-state index contributed by atoms with van der Waals surface area (Å²) in [5, 5.41) is 3.16. The number of hydrogen-bond donors (Lipinski definition) is 1. The first-order chi connectivity index (χ1) is 17.1. The number of halogens is 1. The third kappa shape index (κ3) is 6.03. The topological polar surface area (TPSA) is 94.2 Å². The van der Waals surface area contributed by atoms with Gasteiger partial charge in [0.25, 0.3) is 10.0 Å². The van der Waals surface area contributed by atoms with E-state index in [4.69, 9.17) is 25.8 Å². The molecule has 0 bridgehead atoms. The molecule has 3 aromatic rings. The lowest BCUT2D eigenvalue weighted by atomic mass is 10.2. The molecule has 0 saturated heterocycles. The van der Waals surface area contributed by atoms with Gasteiger partial charge in [-0.3, -0.25) is 9.10 Å². The van der Waals surface area contributed by atoms with E-state index in [-0.39, 0.29) is 22.9 Å². The van der Waals surface area contributed by atoms with Crippen LogP contribution in [0.1, 0.15) is 16.7 Å². The first-order valence-corrected chi connectivity index (χ1v) is 12.8. The summed E-state index contributed by atoms with van der Waals surface area (Å²) in [7, 11) is 0.261. The summed E-state index contributed by atoms with van der Waals surface area (Å²) in [5.74, 6) is 0.758. The fraction of sp³-hybridized carbons (Fsp3) is 0.269. The fourth-order valence-electron chi connectivity index (χ4n) is 3.53. The summed E-state index contributed by atoms with van der Waals surface area (Å²) in [6.45, 7) is 3.29. The number of methoxy groups -OCH3 is 3. The number of amides is 1. The maximum absolute atomic E-state index is 13.8. The minimum absolute atomic E-state index is 0.0469. The van der Waals surface area contributed by atoms with Gasteiger partial charge in [-0.2, -0.15) is 0 Å². The normalized spacial score (nSPS) is 11.1. The van der Waals surface area contributed by atoms with Crippen molar-refractivity contribution in [2.75, 3.05) is 32.2 Å². The highest BCUT2D eigenvalue weighted by Crippen LogP contribution is 2.33. The van der Waals surface area contributed by atoms with Crippen LogP contribution in [0.2, 0.25) is 5.02 Å². The van der Waals surface area contributed by atoms with Crippen molar-refractivity contribution in [1.29, 1.82) is 0 Å². The van der Waals surface area contributed by atoms with E-state index in [1.165, 1.54) is 33.5 Å². The molecular formula is C26H29ClN2O6S. The molecule has 1 N–H and O–H groups in total. The lowest BCUT2D eigenvalue weighted by Gasteiger charge is -2.25. The zero-order chi connectivity index (χ0) is 26.5. The van der Waals surface area contributed by atoms with Crippen molar-refractivity contribution in [2.24, 2.45) is 0 Å². The third-order valence-electron chi connectivity index (χ3n) is 5.56. The number of benzene rings is 3. The Balaban J connectivity index is 1.93. The van der Waals surface area contributed by atoms with Gasteiger partial charge in [0.05, 0.1) is 27.0 Å². The summed E-state index contributed by atoms with van der Waals surface area (Å²) >= 11 is 6.30. The number of carbonyl (C=O) groups is 1. The van der Waals surface area contributed by atoms with E-state index in [1.54, 1.807) is 49.4 Å². The highest BCUT2D eigenvalue weighted by Gasteiger charge is 2.30. The van der Waals surface area contributed by atoms with E-state index in [0.29, 0.717) is 16.5 Å². The second-order valence-corrected chi connectivity index (χ2v) is 10.3. The first-order valence-electron chi connectivity index (χ1n) is 11.0. The van der Waals surface area contributed by atoms with E-state index in [0.717, 1.165) is 21.0 Å². The summed E-state index contributed by atoms with van der Waals surface area (Å²) in [6.07, 6.45) is 0. The molecule has 0 atom stereocenters. The molecule has 1 amide bonds. The molecule has 0 radical (unpaired) electrons. The van der Waals surface area contributed by atoms with Crippen molar-refractivity contribution >= 4 is 33.2 Å². The molecule has 0 saturated carbocycles. The molecule has 0 aliphatic carbocycles. The van der Waals surface area contributed by atoms with Crippen molar-refractivity contribution in [3.8, 4) is 17.2 Å². The molecule has 8 nitrogen and oxygen atoms in total. The van der Waals surface area contributed by atoms with Crippen molar-refractivity contribution in [3.63, 3.8) is 0 Å². The summed E-state index contributed by atoms with van der Waals surface area (Å²) in [6, 6.07) is 14.9. The lowest BCUT2D eigenvalue weighted by molar-refractivity contribution is -0.119. The van der Waals surface area contributed by atoms with E-state index >= 15 is 0 Å². The largest absolute Gasteiger partial charge is 0.495 e. The van der Waals surface area contributed by atoms with Gasteiger partial charge in [-0.05, 0) is 66.9 Å². The number of hydrogen-bond acceptors (Lipinski definition) is 6. The molecule has 0 aromatic heterocycles. The molecule has 192 valence electrons. The van der Waals surface area contributed by atoms with Crippen LogP contribution in [-0.4, -0.2) is 42.2 Å². The van der Waals surface area contributed by atoms with Crippen LogP contribution >= 0.6 is 11.6 Å². The van der Waals surface area contributed by atoms with Crippen LogP contribution in [0, 0.1) is 13.8 Å². The first kappa shape index (κ1) is 27.2. The maximum atomic E-state index is 13.8. The van der Waals surface area contributed by atoms with Crippen molar-refractivity contribution in [3.05, 3.63) is 76.3 Å². The van der Waals surface area contributed by atoms with Crippen molar-refractivity contribution in [2.45, 2.75) is 25.3 Å². The van der Waals surface area contributed by atoms with Crippen molar-refractivity contribution in [1.82, 2.24) is 5.32 Å². The molecule has 3 aromatic carbocycles. The number of nitrogens with zero attached hydrogens (tertiary/aromatic N) is 1. The van der Waals surface area contributed by atoms with Crippen LogP contribution in [0.5, 0.6) is 17.2 Å². The Kier molecular flexibility index (Phi) is 8.70. The Morgan fingerprint density at radius 1 is 0.889 bits per heavy atom. The molecule has 0 fully saturated rings. The molecule has 0 heterocycles. The van der Waals surface area contributed by atoms with Crippen LogP contribution in [0.15, 0.2) is 59.5 Å². The number of rotatable bonds is 10. The van der Waals surface area contributed by atoms with E-state index in [1.807, 2.05) is 6.92 Å². The maximum Gasteiger partial charge on any atom is 0.268 e. The van der Waals surface area contributed by atoms with Crippen molar-refractivity contribution < 1.29 is 27.4 Å². The number of nitrogens with one attached hydrogen (secondary N) is 1. The SMILES string of the molecule is COc1ccc(CNC(=O)CN(c2ccc(C)c(Cl)c2)S(=O)(=O)c2cc(C)ccc2OC)cc1OC. The number of anilines is 1. The van der Waals surface area contributed by atoms with E-state index < -0.39 is 22.5 Å². The molecule has 0 unspecified atom stereocenters. The van der Waals surface area contributed by atoms with Gasteiger partial charge >= 0.3 is 0 Å². The highest BCUT2D eigenvalue weighted by atomic mass is 35.5. The zero-order valence-electron chi connectivity index (χ0n) is 20.8. The number of ether oxygens (including phenoxy) is 3. The summed E-state index contributed by atoms with van der Waals surface area (Å²) < 4.78 is 44.5. The average Bonchev–Trinajstić information content (AvgIpc) is 2.87. The molecule has 0 spiro atoms. The number of aryl methyl sites for hydroxylation is 2. The minimum Gasteiger partial charge on any atom is -0.495 e. The second-order valence-electron chi connectivity index (χ2n) is 8.07. The number of sulfonamides is 1. The Bertz CT molecular complexity index is 1360. The molecule has 3 rings (SSSR count). The quantitative estimate of drug-likeness (QED) is 0.413. The van der Waals surface area contributed by atoms with Gasteiger partial charge in [0.2, 0.25) is 5.91 Å². The zero-order valence-corrected chi connectivity index (χ0v) is 22.4. The van der Waals surface area contributed by atoms with Crippen LogP contribution in [0.25, 0.3) is 0 Å². The predicted octanol–water partition coefficient (Wildman–Crippen LogP) is 4.49. The Hall–Kier alpha value is -3.43. The van der Waals surface area contributed by atoms with Crippen LogP contribution in [-0.2, 0) is 21.4 Å². The van der Waals surface area contributed by atoms with Gasteiger partial charge in [0, 0.05) is 11.6 Å². The molecular weight excluding hydrogens is 504 g/mol. The third-order valence-corrected chi connectivity index (χ3v) is 7.76. The molecule has 10 heteroatoms. The van der Waals surface area contributed by atoms with E-state index in [9.17, 15) is 13.2 Å². The van der Waals surface area contributed by atoms with Gasteiger partial charge in [-0.1, -0.05) is 29.8 Å². The summed E-state index contributed by atoms with van der Waals surface area (Å²) in [5.41, 5.74) is 2.53. The standard InChI is InChI=1S/C26H29ClN2O6S/c1-17-6-10-23(34-4)25(12-17)36(31,32)29(20-9-7-18(2)21(27)14-20)16-26(30)28-15-19-8-11-22(33-3)24(13-19)35-5/h6-14H,15-16H2,1-5H3,(H,28,30). The van der Waals surface area contributed by atoms with E-state index in [2.05, 4.69) is 5.32 Å². The Morgan fingerprint density at radius 3 is 2.19 bits per heavy atom. The van der Waals surface area contributed by atoms with Gasteiger partial charge in [-0.15, -0.1) is 0 Å². The summed E-state index contributed by atoms with van der Waals surface area (Å²) in [4.78, 5) is 12.9. The van der Waals surface area contributed by atoms with Gasteiger partial charge in [0.15, 0.2) is 11.5 Å². The second kappa shape index (κ2) is 11.5. The van der Waals surface area contributed by atoms with Crippen LogP contribution in [0.3, 0.4) is 0 Å². The molecule has 0 aliphatic rings. The van der Waals surface area contributed by atoms with Gasteiger partial charge < -0.3 is 19.5 Å². The smallest absolute Gasteiger partial charge is 0.268 e. The minimum atomic E-state index is -4.19. The molecule has 0 aliphatic heterocycles. The lowest BCUT2D eigenvalue weighted by Crippen LogP contribution is -2.40. The van der Waals surface area contributed by atoms with Gasteiger partial charge in [0.1, 0.15) is 17.2 Å². The number of carbonyl (C=O) groups excluding carboxylic acids is 1. The van der Waals surface area contributed by atoms with Crippen LogP contribution < -0.4 is 23.8 Å². The van der Waals surface area contributed by atoms with Crippen LogP contribution in [0.4, 0.5) is 5.69 Å². The monoisotopic (exact) mass is 532 g/mol. The molecule has 36 heavy (non-hydrogen) atoms. The Labute approximate surface area is 216 Å². The highest BCUT2D eigenvalue weighted by molar-refractivity contribution is 7.93. The van der Waals surface area contributed by atoms with Gasteiger partial charge in [-0.25, -0.2) is 8.42 Å². The predicted molar refractivity (Wildman–Crippen MR) is 140 cm³/mol.